The van der Waals surface area contributed by atoms with E-state index in [4.69, 9.17) is 0 Å². The van der Waals surface area contributed by atoms with E-state index in [0.717, 1.165) is 44.6 Å². The van der Waals surface area contributed by atoms with Crippen LogP contribution in [-0.4, -0.2) is 33.3 Å². The highest BCUT2D eigenvalue weighted by atomic mass is 32.1. The first kappa shape index (κ1) is 13.5. The van der Waals surface area contributed by atoms with Crippen LogP contribution in [0.2, 0.25) is 0 Å². The van der Waals surface area contributed by atoms with Gasteiger partial charge in [-0.2, -0.15) is 12.6 Å². The molecular formula is C11H22N4S. The van der Waals surface area contributed by atoms with Crippen molar-refractivity contribution in [1.29, 1.82) is 0 Å². The molecule has 0 saturated heterocycles. The van der Waals surface area contributed by atoms with E-state index < -0.39 is 0 Å². The van der Waals surface area contributed by atoms with E-state index in [-0.39, 0.29) is 0 Å². The van der Waals surface area contributed by atoms with Crippen LogP contribution in [0.3, 0.4) is 0 Å². The Morgan fingerprint density at radius 2 is 2.38 bits per heavy atom. The summed E-state index contributed by atoms with van der Waals surface area (Å²) in [6, 6.07) is 0. The second-order valence-electron chi connectivity index (χ2n) is 4.13. The Hall–Kier alpha value is -0.550. The van der Waals surface area contributed by atoms with Gasteiger partial charge in [-0.3, -0.25) is 4.68 Å². The maximum absolute atomic E-state index is 4.31. The summed E-state index contributed by atoms with van der Waals surface area (Å²) in [5.41, 5.74) is 1.09. The van der Waals surface area contributed by atoms with Crippen molar-refractivity contribution in [1.82, 2.24) is 20.3 Å². The maximum atomic E-state index is 4.31. The van der Waals surface area contributed by atoms with Crippen molar-refractivity contribution in [2.45, 2.75) is 44.9 Å². The van der Waals surface area contributed by atoms with E-state index in [1.165, 1.54) is 0 Å². The number of hydrogen-bond donors (Lipinski definition) is 2. The fraction of sp³-hybridized carbons (Fsp3) is 0.818. The van der Waals surface area contributed by atoms with Crippen LogP contribution < -0.4 is 5.32 Å². The van der Waals surface area contributed by atoms with Gasteiger partial charge in [-0.25, -0.2) is 0 Å². The molecule has 0 radical (unpaired) electrons. The quantitative estimate of drug-likeness (QED) is 0.537. The molecule has 92 valence electrons. The van der Waals surface area contributed by atoms with Crippen molar-refractivity contribution in [2.24, 2.45) is 0 Å². The first-order valence-electron chi connectivity index (χ1n) is 6.00. The summed E-state index contributed by atoms with van der Waals surface area (Å²) in [6.45, 7) is 7.18. The number of hydrogen-bond acceptors (Lipinski definition) is 4. The van der Waals surface area contributed by atoms with Crippen LogP contribution in [0.4, 0.5) is 0 Å². The molecular weight excluding hydrogens is 220 g/mol. The summed E-state index contributed by atoms with van der Waals surface area (Å²) < 4.78 is 1.92. The summed E-state index contributed by atoms with van der Waals surface area (Å²) >= 11 is 4.31. The van der Waals surface area contributed by atoms with Crippen LogP contribution in [0.15, 0.2) is 6.20 Å². The minimum atomic E-state index is 0.422. The Kier molecular flexibility index (Phi) is 6.49. The van der Waals surface area contributed by atoms with Crippen LogP contribution >= 0.6 is 12.6 Å². The molecule has 1 aromatic heterocycles. The molecule has 0 spiro atoms. The Morgan fingerprint density at radius 3 is 3.06 bits per heavy atom. The second-order valence-corrected chi connectivity index (χ2v) is 5.01. The van der Waals surface area contributed by atoms with E-state index in [1.54, 1.807) is 0 Å². The molecule has 1 aromatic rings. The van der Waals surface area contributed by atoms with E-state index in [0.29, 0.717) is 5.25 Å². The summed E-state index contributed by atoms with van der Waals surface area (Å²) in [6.07, 6.45) is 5.25. The third kappa shape index (κ3) is 5.51. The normalized spacial score (nSPS) is 12.9. The van der Waals surface area contributed by atoms with Gasteiger partial charge in [0, 0.05) is 24.5 Å². The highest BCUT2D eigenvalue weighted by Gasteiger charge is 2.00. The molecule has 0 aliphatic heterocycles. The molecule has 0 fully saturated rings. The van der Waals surface area contributed by atoms with Gasteiger partial charge in [0.15, 0.2) is 0 Å². The molecule has 0 aliphatic rings. The number of aromatic nitrogens is 3. The minimum absolute atomic E-state index is 0.422. The second kappa shape index (κ2) is 7.68. The zero-order chi connectivity index (χ0) is 11.8. The van der Waals surface area contributed by atoms with Gasteiger partial charge < -0.3 is 5.32 Å². The molecule has 16 heavy (non-hydrogen) atoms. The molecule has 5 heteroatoms. The summed E-state index contributed by atoms with van der Waals surface area (Å²) in [7, 11) is 0. The molecule has 0 aliphatic carbocycles. The minimum Gasteiger partial charge on any atom is -0.316 e. The van der Waals surface area contributed by atoms with Crippen molar-refractivity contribution in [2.75, 3.05) is 13.1 Å². The van der Waals surface area contributed by atoms with Gasteiger partial charge >= 0.3 is 0 Å². The average Bonchev–Trinajstić information content (AvgIpc) is 2.65. The van der Waals surface area contributed by atoms with Crippen molar-refractivity contribution < 1.29 is 0 Å². The topological polar surface area (TPSA) is 42.7 Å². The number of nitrogens with zero attached hydrogens (tertiary/aromatic N) is 3. The predicted octanol–water partition coefficient (Wildman–Crippen LogP) is 1.53. The lowest BCUT2D eigenvalue weighted by Gasteiger charge is -2.05. The van der Waals surface area contributed by atoms with Gasteiger partial charge in [0.05, 0.1) is 5.69 Å². The number of nitrogens with one attached hydrogen (secondary N) is 1. The largest absolute Gasteiger partial charge is 0.316 e. The number of thiol groups is 1. The number of aryl methyl sites for hydroxylation is 2. The number of rotatable bonds is 8. The van der Waals surface area contributed by atoms with Crippen LogP contribution in [0.5, 0.6) is 0 Å². The molecule has 1 rings (SSSR count). The summed E-state index contributed by atoms with van der Waals surface area (Å²) in [5, 5.41) is 12.0. The molecule has 0 aromatic carbocycles. The zero-order valence-electron chi connectivity index (χ0n) is 10.2. The van der Waals surface area contributed by atoms with Crippen LogP contribution in [-0.2, 0) is 13.0 Å². The Bertz CT molecular complexity index is 285. The molecule has 0 bridgehead atoms. The van der Waals surface area contributed by atoms with E-state index in [2.05, 4.69) is 42.1 Å². The smallest absolute Gasteiger partial charge is 0.0827 e. The fourth-order valence-corrected chi connectivity index (χ4v) is 1.63. The lowest BCUT2D eigenvalue weighted by atomic mass is 10.2. The molecule has 1 heterocycles. The van der Waals surface area contributed by atoms with E-state index in [1.807, 2.05) is 10.9 Å². The Balaban J connectivity index is 2.12. The Morgan fingerprint density at radius 1 is 1.56 bits per heavy atom. The SMILES string of the molecule is CCCn1cc(CCCNCC(C)S)nn1. The highest BCUT2D eigenvalue weighted by molar-refractivity contribution is 7.80. The molecule has 1 atom stereocenters. The van der Waals surface area contributed by atoms with Gasteiger partial charge in [0.25, 0.3) is 0 Å². The van der Waals surface area contributed by atoms with Gasteiger partial charge in [0.2, 0.25) is 0 Å². The molecule has 4 nitrogen and oxygen atoms in total. The van der Waals surface area contributed by atoms with Gasteiger partial charge in [-0.15, -0.1) is 5.10 Å². The molecule has 0 saturated carbocycles. The van der Waals surface area contributed by atoms with Crippen molar-refractivity contribution >= 4 is 12.6 Å². The summed E-state index contributed by atoms with van der Waals surface area (Å²) in [5.74, 6) is 0. The standard InChI is InChI=1S/C11H22N4S/c1-3-7-15-9-11(13-14-15)5-4-6-12-8-10(2)16/h9-10,12,16H,3-8H2,1-2H3. The lowest BCUT2D eigenvalue weighted by molar-refractivity contribution is 0.578. The molecule has 1 unspecified atom stereocenters. The van der Waals surface area contributed by atoms with Gasteiger partial charge in [-0.1, -0.05) is 19.1 Å². The van der Waals surface area contributed by atoms with Crippen molar-refractivity contribution in [3.63, 3.8) is 0 Å². The van der Waals surface area contributed by atoms with Crippen molar-refractivity contribution in [3.05, 3.63) is 11.9 Å². The Labute approximate surface area is 103 Å². The predicted molar refractivity (Wildman–Crippen MR) is 70.0 cm³/mol. The van der Waals surface area contributed by atoms with Gasteiger partial charge in [-0.05, 0) is 25.8 Å². The zero-order valence-corrected chi connectivity index (χ0v) is 11.1. The third-order valence-corrected chi connectivity index (χ3v) is 2.45. The highest BCUT2D eigenvalue weighted by Crippen LogP contribution is 1.98. The van der Waals surface area contributed by atoms with E-state index in [9.17, 15) is 0 Å². The van der Waals surface area contributed by atoms with Crippen molar-refractivity contribution in [3.8, 4) is 0 Å². The van der Waals surface area contributed by atoms with Crippen LogP contribution in [0, 0.1) is 0 Å². The van der Waals surface area contributed by atoms with Crippen LogP contribution in [0.1, 0.15) is 32.4 Å². The molecule has 0 amide bonds. The maximum Gasteiger partial charge on any atom is 0.0827 e. The lowest BCUT2D eigenvalue weighted by Crippen LogP contribution is -2.22. The molecule has 1 N–H and O–H groups in total. The monoisotopic (exact) mass is 242 g/mol. The average molecular weight is 242 g/mol. The first-order valence-corrected chi connectivity index (χ1v) is 6.51. The van der Waals surface area contributed by atoms with Crippen LogP contribution in [0.25, 0.3) is 0 Å². The van der Waals surface area contributed by atoms with Gasteiger partial charge in [0.1, 0.15) is 0 Å². The third-order valence-electron chi connectivity index (χ3n) is 2.27. The fourth-order valence-electron chi connectivity index (χ4n) is 1.50. The van der Waals surface area contributed by atoms with E-state index >= 15 is 0 Å². The summed E-state index contributed by atoms with van der Waals surface area (Å²) in [4.78, 5) is 0. The first-order chi connectivity index (χ1) is 7.72.